The number of nitrogens with zero attached hydrogens (tertiary/aromatic N) is 2. The van der Waals surface area contributed by atoms with Crippen LogP contribution in [0.25, 0.3) is 11.1 Å². The number of piperazine rings is 1. The Balaban J connectivity index is 1.32. The molecule has 3 aliphatic heterocycles. The quantitative estimate of drug-likeness (QED) is 0.634. The summed E-state index contributed by atoms with van der Waals surface area (Å²) < 4.78 is 24.4. The maximum atomic E-state index is 13.5. The van der Waals surface area contributed by atoms with Crippen molar-refractivity contribution in [2.24, 2.45) is 11.8 Å². The van der Waals surface area contributed by atoms with Crippen molar-refractivity contribution in [3.8, 4) is 11.1 Å². The van der Waals surface area contributed by atoms with Crippen molar-refractivity contribution in [3.05, 3.63) is 54.3 Å². The summed E-state index contributed by atoms with van der Waals surface area (Å²) in [6.45, 7) is 9.06. The maximum Gasteiger partial charge on any atom is 0.338 e. The standard InChI is InChI=1S/C27H31FN2O4/c1-16-13-22(24-26(32)34-27(3,4)33-24)25(31)30-17(2)14-29(15-23(16)30)21-11-7-19(8-12-21)18-5-9-20(28)10-6-18/h5-12,16-17,22-24H,13-15H2,1-4H3/t16?,17-,22+,23?,24+/m1/s1. The van der Waals surface area contributed by atoms with Crippen LogP contribution < -0.4 is 4.90 Å². The van der Waals surface area contributed by atoms with E-state index in [0.717, 1.165) is 23.4 Å². The molecular formula is C27H31FN2O4. The zero-order valence-electron chi connectivity index (χ0n) is 20.0. The van der Waals surface area contributed by atoms with Crippen LogP contribution in [0.3, 0.4) is 0 Å². The number of anilines is 1. The number of piperidine rings is 1. The van der Waals surface area contributed by atoms with Gasteiger partial charge in [-0.15, -0.1) is 0 Å². The molecule has 2 aromatic carbocycles. The SMILES string of the molecule is CC1C[C@@H]([C@@H]2OC(C)(C)OC2=O)C(=O)N2C1CN(c1ccc(-c3ccc(F)cc3)cc1)C[C@H]2C. The lowest BCUT2D eigenvalue weighted by atomic mass is 9.78. The first-order valence-electron chi connectivity index (χ1n) is 12.0. The Bertz CT molecular complexity index is 1080. The third kappa shape index (κ3) is 4.06. The lowest BCUT2D eigenvalue weighted by Crippen LogP contribution is -2.66. The van der Waals surface area contributed by atoms with Crippen molar-refractivity contribution >= 4 is 17.6 Å². The van der Waals surface area contributed by atoms with Crippen LogP contribution in [-0.2, 0) is 19.1 Å². The predicted octanol–water partition coefficient (Wildman–Crippen LogP) is 4.23. The van der Waals surface area contributed by atoms with Gasteiger partial charge in [0.15, 0.2) is 6.10 Å². The number of rotatable bonds is 3. The van der Waals surface area contributed by atoms with E-state index in [4.69, 9.17) is 9.47 Å². The molecule has 0 spiro atoms. The van der Waals surface area contributed by atoms with Crippen LogP contribution in [0.15, 0.2) is 48.5 Å². The molecule has 5 rings (SSSR count). The Kier molecular flexibility index (Phi) is 5.63. The Hall–Kier alpha value is -2.93. The summed E-state index contributed by atoms with van der Waals surface area (Å²) in [5, 5.41) is 0. The molecule has 180 valence electrons. The van der Waals surface area contributed by atoms with Crippen LogP contribution in [0.2, 0.25) is 0 Å². The van der Waals surface area contributed by atoms with E-state index in [0.29, 0.717) is 13.0 Å². The average Bonchev–Trinajstić information content (AvgIpc) is 3.08. The maximum absolute atomic E-state index is 13.5. The normalized spacial score (nSPS) is 30.8. The Morgan fingerprint density at radius 2 is 1.56 bits per heavy atom. The molecular weight excluding hydrogens is 435 g/mol. The third-order valence-electron chi connectivity index (χ3n) is 7.34. The molecule has 0 bridgehead atoms. The number of carbonyl (C=O) groups excluding carboxylic acids is 2. The molecule has 5 atom stereocenters. The van der Waals surface area contributed by atoms with Gasteiger partial charge in [0.1, 0.15) is 5.82 Å². The van der Waals surface area contributed by atoms with Gasteiger partial charge in [-0.25, -0.2) is 9.18 Å². The van der Waals surface area contributed by atoms with Gasteiger partial charge >= 0.3 is 5.97 Å². The van der Waals surface area contributed by atoms with Crippen molar-refractivity contribution in [2.75, 3.05) is 18.0 Å². The zero-order chi connectivity index (χ0) is 24.2. The molecule has 3 aliphatic rings. The highest BCUT2D eigenvalue weighted by Gasteiger charge is 2.54. The second-order valence-corrected chi connectivity index (χ2v) is 10.3. The largest absolute Gasteiger partial charge is 0.432 e. The van der Waals surface area contributed by atoms with E-state index in [1.54, 1.807) is 26.0 Å². The Labute approximate surface area is 199 Å². The van der Waals surface area contributed by atoms with Crippen molar-refractivity contribution in [1.29, 1.82) is 0 Å². The molecule has 0 N–H and O–H groups in total. The fraction of sp³-hybridized carbons (Fsp3) is 0.481. The number of esters is 1. The third-order valence-corrected chi connectivity index (χ3v) is 7.34. The molecule has 2 unspecified atom stereocenters. The van der Waals surface area contributed by atoms with Gasteiger partial charge in [-0.2, -0.15) is 0 Å². The van der Waals surface area contributed by atoms with Gasteiger partial charge in [-0.1, -0.05) is 31.2 Å². The van der Waals surface area contributed by atoms with E-state index < -0.39 is 23.8 Å². The van der Waals surface area contributed by atoms with Crippen LogP contribution in [-0.4, -0.2) is 53.8 Å². The van der Waals surface area contributed by atoms with Crippen LogP contribution in [0.4, 0.5) is 10.1 Å². The molecule has 3 fully saturated rings. The molecule has 0 aromatic heterocycles. The second kappa shape index (κ2) is 8.38. The summed E-state index contributed by atoms with van der Waals surface area (Å²) >= 11 is 0. The van der Waals surface area contributed by atoms with Crippen LogP contribution in [0.1, 0.15) is 34.1 Å². The zero-order valence-corrected chi connectivity index (χ0v) is 20.0. The van der Waals surface area contributed by atoms with E-state index in [9.17, 15) is 14.0 Å². The lowest BCUT2D eigenvalue weighted by molar-refractivity contribution is -0.167. The number of carbonyl (C=O) groups is 2. The van der Waals surface area contributed by atoms with Crippen molar-refractivity contribution in [1.82, 2.24) is 4.90 Å². The topological polar surface area (TPSA) is 59.1 Å². The highest BCUT2D eigenvalue weighted by molar-refractivity contribution is 5.89. The lowest BCUT2D eigenvalue weighted by Gasteiger charge is -2.53. The van der Waals surface area contributed by atoms with E-state index in [-0.39, 0.29) is 29.7 Å². The molecule has 7 heteroatoms. The average molecular weight is 467 g/mol. The van der Waals surface area contributed by atoms with E-state index in [2.05, 4.69) is 43.0 Å². The van der Waals surface area contributed by atoms with Crippen LogP contribution >= 0.6 is 0 Å². The smallest absolute Gasteiger partial charge is 0.338 e. The number of benzene rings is 2. The van der Waals surface area contributed by atoms with E-state index in [1.807, 2.05) is 4.90 Å². The molecule has 0 radical (unpaired) electrons. The molecule has 3 saturated heterocycles. The van der Waals surface area contributed by atoms with Gasteiger partial charge in [0.05, 0.1) is 12.0 Å². The summed E-state index contributed by atoms with van der Waals surface area (Å²) in [5.74, 6) is -1.99. The first kappa shape index (κ1) is 22.8. The minimum absolute atomic E-state index is 0.00120. The van der Waals surface area contributed by atoms with Gasteiger partial charge in [-0.3, -0.25) is 4.79 Å². The monoisotopic (exact) mass is 466 g/mol. The van der Waals surface area contributed by atoms with Gasteiger partial charge < -0.3 is 19.3 Å². The van der Waals surface area contributed by atoms with Crippen molar-refractivity contribution < 1.29 is 23.5 Å². The summed E-state index contributed by atoms with van der Waals surface area (Å²) in [4.78, 5) is 30.2. The number of ether oxygens (including phenoxy) is 2. The molecule has 3 heterocycles. The Morgan fingerprint density at radius 1 is 0.941 bits per heavy atom. The van der Waals surface area contributed by atoms with Crippen molar-refractivity contribution in [3.63, 3.8) is 0 Å². The number of hydrogen-bond donors (Lipinski definition) is 0. The highest BCUT2D eigenvalue weighted by Crippen LogP contribution is 2.40. The van der Waals surface area contributed by atoms with Gasteiger partial charge in [0, 0.05) is 38.7 Å². The van der Waals surface area contributed by atoms with E-state index >= 15 is 0 Å². The van der Waals surface area contributed by atoms with Gasteiger partial charge in [0.25, 0.3) is 0 Å². The number of halogens is 1. The first-order valence-corrected chi connectivity index (χ1v) is 12.0. The summed E-state index contributed by atoms with van der Waals surface area (Å²) in [7, 11) is 0. The minimum Gasteiger partial charge on any atom is -0.432 e. The molecule has 2 aromatic rings. The molecule has 1 amide bonds. The molecule has 34 heavy (non-hydrogen) atoms. The summed E-state index contributed by atoms with van der Waals surface area (Å²) in [6.07, 6.45) is -0.241. The number of amides is 1. The van der Waals surface area contributed by atoms with Crippen molar-refractivity contribution in [2.45, 2.75) is 58.1 Å². The second-order valence-electron chi connectivity index (χ2n) is 10.3. The summed E-state index contributed by atoms with van der Waals surface area (Å²) in [5.41, 5.74) is 3.11. The summed E-state index contributed by atoms with van der Waals surface area (Å²) in [6, 6.07) is 14.8. The predicted molar refractivity (Wildman–Crippen MR) is 126 cm³/mol. The van der Waals surface area contributed by atoms with Gasteiger partial charge in [0.2, 0.25) is 11.7 Å². The molecule has 0 aliphatic carbocycles. The van der Waals surface area contributed by atoms with Gasteiger partial charge in [-0.05, 0) is 54.7 Å². The first-order chi connectivity index (χ1) is 16.1. The number of fused-ring (bicyclic) bond motifs is 1. The number of cyclic esters (lactones) is 1. The van der Waals surface area contributed by atoms with Crippen LogP contribution in [0.5, 0.6) is 0 Å². The Morgan fingerprint density at radius 3 is 2.15 bits per heavy atom. The molecule has 6 nitrogen and oxygen atoms in total. The molecule has 0 saturated carbocycles. The number of hydrogen-bond acceptors (Lipinski definition) is 5. The van der Waals surface area contributed by atoms with E-state index in [1.165, 1.54) is 12.1 Å². The highest BCUT2D eigenvalue weighted by atomic mass is 19.1. The fourth-order valence-electron chi connectivity index (χ4n) is 5.70. The fourth-order valence-corrected chi connectivity index (χ4v) is 5.70. The minimum atomic E-state index is -0.994. The van der Waals surface area contributed by atoms with Crippen LogP contribution in [0, 0.1) is 17.7 Å².